The van der Waals surface area contributed by atoms with E-state index in [2.05, 4.69) is 11.8 Å². The lowest BCUT2D eigenvalue weighted by Gasteiger charge is -2.41. The molecule has 0 bridgehead atoms. The van der Waals surface area contributed by atoms with Crippen molar-refractivity contribution in [2.45, 2.75) is 32.0 Å². The van der Waals surface area contributed by atoms with E-state index in [4.69, 9.17) is 14.9 Å². The lowest BCUT2D eigenvalue weighted by molar-refractivity contribution is -0.0928. The molecular weight excluding hydrogens is 232 g/mol. The van der Waals surface area contributed by atoms with E-state index in [1.54, 1.807) is 0 Å². The van der Waals surface area contributed by atoms with Crippen LogP contribution in [0.5, 0.6) is 0 Å². The van der Waals surface area contributed by atoms with Crippen LogP contribution in [0, 0.1) is 6.92 Å². The fourth-order valence-corrected chi connectivity index (χ4v) is 2.43. The molecule has 1 saturated heterocycles. The number of nitrogens with zero attached hydrogens (tertiary/aromatic N) is 1. The monoisotopic (exact) mass is 254 g/mol. The molecule has 1 aromatic rings. The summed E-state index contributed by atoms with van der Waals surface area (Å²) in [4.78, 5) is 2.25. The summed E-state index contributed by atoms with van der Waals surface area (Å²) in [6, 6.07) is 4.24. The Morgan fingerprint density at radius 3 is 2.89 bits per heavy atom. The molecule has 2 rings (SSSR count). The predicted molar refractivity (Wildman–Crippen MR) is 68.2 cm³/mol. The zero-order chi connectivity index (χ0) is 13.1. The van der Waals surface area contributed by atoms with Crippen molar-refractivity contribution in [1.82, 2.24) is 4.90 Å². The molecule has 0 aromatic carbocycles. The van der Waals surface area contributed by atoms with E-state index in [0.29, 0.717) is 19.7 Å². The van der Waals surface area contributed by atoms with Gasteiger partial charge in [0.25, 0.3) is 0 Å². The molecule has 1 aliphatic rings. The average molecular weight is 254 g/mol. The van der Waals surface area contributed by atoms with Gasteiger partial charge in [-0.15, -0.1) is 0 Å². The molecule has 0 radical (unpaired) electrons. The number of hydrogen-bond acceptors (Lipinski definition) is 5. The van der Waals surface area contributed by atoms with Gasteiger partial charge in [-0.1, -0.05) is 0 Å². The van der Waals surface area contributed by atoms with Gasteiger partial charge in [-0.3, -0.25) is 4.90 Å². The molecule has 1 aromatic heterocycles. The van der Waals surface area contributed by atoms with Crippen LogP contribution >= 0.6 is 0 Å². The Morgan fingerprint density at radius 1 is 1.56 bits per heavy atom. The quantitative estimate of drug-likeness (QED) is 0.826. The Morgan fingerprint density at radius 2 is 2.33 bits per heavy atom. The molecule has 3 unspecified atom stereocenters. The van der Waals surface area contributed by atoms with Gasteiger partial charge in [-0.2, -0.15) is 0 Å². The maximum atomic E-state index is 9.22. The molecular formula is C13H22N2O3. The van der Waals surface area contributed by atoms with E-state index in [-0.39, 0.29) is 24.8 Å². The normalized spacial score (nSPS) is 27.3. The van der Waals surface area contributed by atoms with Gasteiger partial charge in [0.05, 0.1) is 25.4 Å². The number of hydrogen-bond donors (Lipinski definition) is 2. The van der Waals surface area contributed by atoms with Crippen molar-refractivity contribution in [3.8, 4) is 0 Å². The average Bonchev–Trinajstić information content (AvgIpc) is 2.79. The third kappa shape index (κ3) is 2.75. The lowest BCUT2D eigenvalue weighted by Crippen LogP contribution is -2.52. The predicted octanol–water partition coefficient (Wildman–Crippen LogP) is 0.669. The molecule has 5 heteroatoms. The van der Waals surface area contributed by atoms with E-state index >= 15 is 0 Å². The van der Waals surface area contributed by atoms with E-state index in [1.807, 2.05) is 19.1 Å². The third-order valence-corrected chi connectivity index (χ3v) is 3.47. The Labute approximate surface area is 108 Å². The van der Waals surface area contributed by atoms with Gasteiger partial charge < -0.3 is 20.0 Å². The topological polar surface area (TPSA) is 71.9 Å². The van der Waals surface area contributed by atoms with Gasteiger partial charge in [0.1, 0.15) is 11.5 Å². The van der Waals surface area contributed by atoms with Gasteiger partial charge in [0.2, 0.25) is 0 Å². The number of aliphatic hydroxyl groups is 1. The smallest absolute Gasteiger partial charge is 0.122 e. The van der Waals surface area contributed by atoms with Gasteiger partial charge in [-0.25, -0.2) is 0 Å². The van der Waals surface area contributed by atoms with Crippen molar-refractivity contribution in [2.75, 3.05) is 26.3 Å². The minimum atomic E-state index is -0.133. The molecule has 0 spiro atoms. The van der Waals surface area contributed by atoms with Crippen LogP contribution in [0.2, 0.25) is 0 Å². The molecule has 0 saturated carbocycles. The number of nitrogens with two attached hydrogens (primary N) is 1. The highest BCUT2D eigenvalue weighted by Crippen LogP contribution is 2.26. The van der Waals surface area contributed by atoms with E-state index < -0.39 is 0 Å². The summed E-state index contributed by atoms with van der Waals surface area (Å²) >= 11 is 0. The number of furan rings is 1. The van der Waals surface area contributed by atoms with Crippen molar-refractivity contribution in [1.29, 1.82) is 0 Å². The highest BCUT2D eigenvalue weighted by molar-refractivity contribution is 5.11. The number of rotatable bonds is 4. The first-order chi connectivity index (χ1) is 8.65. The van der Waals surface area contributed by atoms with E-state index in [0.717, 1.165) is 11.5 Å². The molecule has 0 aliphatic carbocycles. The highest BCUT2D eigenvalue weighted by atomic mass is 16.5. The first-order valence-electron chi connectivity index (χ1n) is 6.40. The van der Waals surface area contributed by atoms with Crippen molar-refractivity contribution in [3.05, 3.63) is 23.7 Å². The Bertz CT molecular complexity index is 380. The molecule has 5 nitrogen and oxygen atoms in total. The first kappa shape index (κ1) is 13.5. The summed E-state index contributed by atoms with van der Waals surface area (Å²) in [7, 11) is 0. The minimum Gasteiger partial charge on any atom is -0.465 e. The summed E-state index contributed by atoms with van der Waals surface area (Å²) in [5.74, 6) is 1.78. The molecule has 2 heterocycles. The molecule has 3 N–H and O–H groups in total. The van der Waals surface area contributed by atoms with Crippen molar-refractivity contribution in [2.24, 2.45) is 5.73 Å². The van der Waals surface area contributed by atoms with Gasteiger partial charge >= 0.3 is 0 Å². The van der Waals surface area contributed by atoms with Gasteiger partial charge in [-0.05, 0) is 26.0 Å². The van der Waals surface area contributed by atoms with Crippen LogP contribution in [0.15, 0.2) is 16.5 Å². The minimum absolute atomic E-state index is 0.0394. The number of morpholine rings is 1. The molecule has 102 valence electrons. The second-order valence-electron chi connectivity index (χ2n) is 4.88. The second-order valence-corrected chi connectivity index (χ2v) is 4.88. The maximum Gasteiger partial charge on any atom is 0.122 e. The molecule has 18 heavy (non-hydrogen) atoms. The summed E-state index contributed by atoms with van der Waals surface area (Å²) in [6.45, 7) is 5.86. The Balaban J connectivity index is 2.15. The van der Waals surface area contributed by atoms with Crippen LogP contribution in [-0.2, 0) is 4.74 Å². The van der Waals surface area contributed by atoms with E-state index in [9.17, 15) is 5.11 Å². The summed E-state index contributed by atoms with van der Waals surface area (Å²) in [5.41, 5.74) is 5.89. The fraction of sp³-hybridized carbons (Fsp3) is 0.692. The second kappa shape index (κ2) is 5.84. The SMILES string of the molecule is Cc1ccc(C(CN)N2CC(CO)OCC2C)o1. The van der Waals surface area contributed by atoms with Crippen LogP contribution in [-0.4, -0.2) is 48.5 Å². The van der Waals surface area contributed by atoms with Crippen LogP contribution in [0.1, 0.15) is 24.5 Å². The summed E-state index contributed by atoms with van der Waals surface area (Å²) in [6.07, 6.45) is -0.133. The Kier molecular flexibility index (Phi) is 4.40. The molecule has 1 fully saturated rings. The standard InChI is InChI=1S/C13H22N2O3/c1-9-8-17-11(7-16)6-15(9)12(5-14)13-4-3-10(2)18-13/h3-4,9,11-12,16H,5-8,14H2,1-2H3. The lowest BCUT2D eigenvalue weighted by atomic mass is 10.1. The fourth-order valence-electron chi connectivity index (χ4n) is 2.43. The zero-order valence-electron chi connectivity index (χ0n) is 11.0. The van der Waals surface area contributed by atoms with Crippen molar-refractivity contribution < 1.29 is 14.3 Å². The van der Waals surface area contributed by atoms with Crippen LogP contribution < -0.4 is 5.73 Å². The van der Waals surface area contributed by atoms with Gasteiger partial charge in [0.15, 0.2) is 0 Å². The third-order valence-electron chi connectivity index (χ3n) is 3.47. The number of aryl methyl sites for hydroxylation is 1. The molecule has 0 amide bonds. The van der Waals surface area contributed by atoms with E-state index in [1.165, 1.54) is 0 Å². The Hall–Kier alpha value is -0.880. The van der Waals surface area contributed by atoms with Crippen LogP contribution in [0.3, 0.4) is 0 Å². The first-order valence-corrected chi connectivity index (χ1v) is 6.40. The largest absolute Gasteiger partial charge is 0.465 e. The number of ether oxygens (including phenoxy) is 1. The summed E-state index contributed by atoms with van der Waals surface area (Å²) < 4.78 is 11.2. The molecule has 1 aliphatic heterocycles. The van der Waals surface area contributed by atoms with Gasteiger partial charge in [0, 0.05) is 19.1 Å². The zero-order valence-corrected chi connectivity index (χ0v) is 11.0. The van der Waals surface area contributed by atoms with Crippen LogP contribution in [0.25, 0.3) is 0 Å². The summed E-state index contributed by atoms with van der Waals surface area (Å²) in [5, 5.41) is 9.22. The van der Waals surface area contributed by atoms with Crippen LogP contribution in [0.4, 0.5) is 0 Å². The highest BCUT2D eigenvalue weighted by Gasteiger charge is 2.32. The molecule has 3 atom stereocenters. The maximum absolute atomic E-state index is 9.22. The number of aliphatic hydroxyl groups excluding tert-OH is 1. The van der Waals surface area contributed by atoms with Crippen molar-refractivity contribution in [3.63, 3.8) is 0 Å². The van der Waals surface area contributed by atoms with Crippen molar-refractivity contribution >= 4 is 0 Å².